The molecule has 49 heavy (non-hydrogen) atoms. The number of carbonyl (C=O) groups is 2. The van der Waals surface area contributed by atoms with Gasteiger partial charge in [0.05, 0.1) is 42.4 Å². The van der Waals surface area contributed by atoms with Crippen LogP contribution in [-0.4, -0.2) is 73.6 Å². The lowest BCUT2D eigenvalue weighted by atomic mass is 9.90. The predicted octanol–water partition coefficient (Wildman–Crippen LogP) is 6.59. The molecule has 2 fully saturated rings. The van der Waals surface area contributed by atoms with E-state index in [0.717, 1.165) is 67.8 Å². The number of ether oxygens (including phenoxy) is 2. The summed E-state index contributed by atoms with van der Waals surface area (Å²) in [5.74, 6) is -2.49. The Kier molecular flexibility index (Phi) is 11.1. The summed E-state index contributed by atoms with van der Waals surface area (Å²) < 4.78 is 60.2. The molecular weight excluding hydrogens is 650 g/mol. The number of alkyl halides is 3. The number of fused-ring (bicyclic) bond motifs is 1. The molecule has 11 nitrogen and oxygen atoms in total. The van der Waals surface area contributed by atoms with Crippen molar-refractivity contribution >= 4 is 28.7 Å². The number of likely N-dealkylation sites (tertiary alicyclic amines) is 1. The zero-order valence-electron chi connectivity index (χ0n) is 26.2. The zero-order valence-corrected chi connectivity index (χ0v) is 26.2. The number of pyridine rings is 1. The number of benzene rings is 2. The Morgan fingerprint density at radius 3 is 2.47 bits per heavy atom. The van der Waals surface area contributed by atoms with E-state index in [1.807, 2.05) is 12.1 Å². The van der Waals surface area contributed by atoms with Crippen molar-refractivity contribution in [3.8, 4) is 5.88 Å². The topological polar surface area (TPSA) is 131 Å². The lowest BCUT2D eigenvalue weighted by Crippen LogP contribution is -2.34. The fraction of sp³-hybridized carbons (Fsp3) is 0.382. The highest BCUT2D eigenvalue weighted by molar-refractivity contribution is 5.92. The molecule has 0 bridgehead atoms. The first-order valence-corrected chi connectivity index (χ1v) is 15.5. The number of aromatic nitrogens is 3. The summed E-state index contributed by atoms with van der Waals surface area (Å²) in [5, 5.41) is 16.7. The standard InChI is InChI=1S/C32H32FN5O4.C2HF3O2/c1-34-24-8-6-23(27(33)17-24)20-42-31-26(5-2-12-35-31)21-10-13-37(14-11-21)19-30-36-28-9-7-22(32(39)40)16-29(28)38(30)18-25-4-3-15-41-25;3-2(4,5)1(6)7/h2,5-9,12,16-17,21,25H,3-4,10-11,13-15,18-20H2,(H,39,40);(H,6,7)/t25-;/m0./s1. The van der Waals surface area contributed by atoms with Crippen molar-refractivity contribution in [3.63, 3.8) is 0 Å². The fourth-order valence-corrected chi connectivity index (χ4v) is 5.93. The van der Waals surface area contributed by atoms with E-state index in [1.165, 1.54) is 6.07 Å². The second-order valence-electron chi connectivity index (χ2n) is 11.7. The number of halogens is 4. The number of aromatic carboxylic acids is 1. The first-order chi connectivity index (χ1) is 23.4. The number of nitrogens with zero attached hydrogens (tertiary/aromatic N) is 5. The van der Waals surface area contributed by atoms with Gasteiger partial charge in [0, 0.05) is 23.9 Å². The van der Waals surface area contributed by atoms with Crippen LogP contribution in [0.2, 0.25) is 0 Å². The number of piperidine rings is 1. The summed E-state index contributed by atoms with van der Waals surface area (Å²) >= 11 is 0. The number of hydrogen-bond donors (Lipinski definition) is 2. The van der Waals surface area contributed by atoms with Crippen LogP contribution in [-0.2, 0) is 29.2 Å². The molecule has 0 amide bonds. The number of carboxylic acid groups (broad SMARTS) is 2. The molecule has 2 saturated heterocycles. The van der Waals surface area contributed by atoms with Gasteiger partial charge in [0.15, 0.2) is 5.69 Å². The summed E-state index contributed by atoms with van der Waals surface area (Å²) in [6.07, 6.45) is 0.530. The van der Waals surface area contributed by atoms with Gasteiger partial charge >= 0.3 is 18.1 Å². The van der Waals surface area contributed by atoms with Crippen LogP contribution in [0.4, 0.5) is 23.2 Å². The highest BCUT2D eigenvalue weighted by Crippen LogP contribution is 2.34. The minimum absolute atomic E-state index is 0.0392. The van der Waals surface area contributed by atoms with Crippen LogP contribution in [0.5, 0.6) is 5.88 Å². The molecule has 4 aromatic rings. The SMILES string of the molecule is O=C(O)C(F)(F)F.[C-]#[N+]c1ccc(COc2ncccc2C2CCN(Cc3nc4ccc(C(=O)O)cc4n3C[C@@H]3CCCO3)CC2)c(F)c1. The van der Waals surface area contributed by atoms with Gasteiger partial charge in [0.2, 0.25) is 5.88 Å². The quantitative estimate of drug-likeness (QED) is 0.148. The van der Waals surface area contributed by atoms with E-state index in [4.69, 9.17) is 30.9 Å². The molecule has 2 aromatic heterocycles. The summed E-state index contributed by atoms with van der Waals surface area (Å²) in [5.41, 5.74) is 3.53. The summed E-state index contributed by atoms with van der Waals surface area (Å²) in [7, 11) is 0. The van der Waals surface area contributed by atoms with Crippen LogP contribution in [0.25, 0.3) is 15.9 Å². The third kappa shape index (κ3) is 8.89. The molecule has 2 aliphatic rings. The number of aliphatic carboxylic acids is 1. The highest BCUT2D eigenvalue weighted by atomic mass is 19.4. The molecule has 0 unspecified atom stereocenters. The molecule has 0 spiro atoms. The van der Waals surface area contributed by atoms with Gasteiger partial charge in [-0.15, -0.1) is 0 Å². The average molecular weight is 684 g/mol. The normalized spacial score (nSPS) is 16.9. The molecule has 4 heterocycles. The van der Waals surface area contributed by atoms with Crippen LogP contribution >= 0.6 is 0 Å². The molecule has 1 atom stereocenters. The van der Waals surface area contributed by atoms with E-state index in [2.05, 4.69) is 19.3 Å². The molecule has 0 radical (unpaired) electrons. The van der Waals surface area contributed by atoms with E-state index in [0.29, 0.717) is 24.5 Å². The Morgan fingerprint density at radius 1 is 1.08 bits per heavy atom. The largest absolute Gasteiger partial charge is 0.490 e. The van der Waals surface area contributed by atoms with E-state index in [-0.39, 0.29) is 29.9 Å². The lowest BCUT2D eigenvalue weighted by Gasteiger charge is -2.32. The molecule has 15 heteroatoms. The molecule has 2 aromatic carbocycles. The second kappa shape index (κ2) is 15.4. The molecule has 0 aliphatic carbocycles. The van der Waals surface area contributed by atoms with Crippen molar-refractivity contribution in [2.75, 3.05) is 19.7 Å². The van der Waals surface area contributed by atoms with E-state index in [9.17, 15) is 27.5 Å². The van der Waals surface area contributed by atoms with Gasteiger partial charge in [-0.05, 0) is 75.0 Å². The third-order valence-electron chi connectivity index (χ3n) is 8.45. The minimum Gasteiger partial charge on any atom is -0.478 e. The van der Waals surface area contributed by atoms with Crippen molar-refractivity contribution in [1.29, 1.82) is 0 Å². The number of rotatable bonds is 9. The molecule has 2 N–H and O–H groups in total. The Hall–Kier alpha value is -5.07. The number of hydrogen-bond acceptors (Lipinski definition) is 7. The lowest BCUT2D eigenvalue weighted by molar-refractivity contribution is -0.192. The smallest absolute Gasteiger partial charge is 0.478 e. The van der Waals surface area contributed by atoms with Gasteiger partial charge in [-0.3, -0.25) is 4.90 Å². The maximum atomic E-state index is 14.4. The number of imidazole rings is 1. The van der Waals surface area contributed by atoms with E-state index in [1.54, 1.807) is 36.5 Å². The fourth-order valence-electron chi connectivity index (χ4n) is 5.93. The summed E-state index contributed by atoms with van der Waals surface area (Å²) in [6, 6.07) is 13.4. The maximum absolute atomic E-state index is 14.4. The molecule has 6 rings (SSSR count). The van der Waals surface area contributed by atoms with Crippen molar-refractivity contribution in [2.24, 2.45) is 0 Å². The zero-order chi connectivity index (χ0) is 35.1. The first kappa shape index (κ1) is 35.2. The van der Waals surface area contributed by atoms with Gasteiger partial charge in [-0.2, -0.15) is 13.2 Å². The first-order valence-electron chi connectivity index (χ1n) is 15.5. The van der Waals surface area contributed by atoms with E-state index >= 15 is 0 Å². The molecule has 258 valence electrons. The molecule has 2 aliphatic heterocycles. The summed E-state index contributed by atoms with van der Waals surface area (Å²) in [6.45, 7) is 10.9. The minimum atomic E-state index is -5.08. The summed E-state index contributed by atoms with van der Waals surface area (Å²) in [4.78, 5) is 35.5. The third-order valence-corrected chi connectivity index (χ3v) is 8.45. The molecule has 0 saturated carbocycles. The van der Waals surface area contributed by atoms with Gasteiger partial charge in [-0.1, -0.05) is 18.2 Å². The van der Waals surface area contributed by atoms with Gasteiger partial charge in [0.25, 0.3) is 0 Å². The monoisotopic (exact) mass is 683 g/mol. The predicted molar refractivity (Wildman–Crippen MR) is 168 cm³/mol. The average Bonchev–Trinajstić information content (AvgIpc) is 3.72. The molecular formula is C34H33F4N5O6. The van der Waals surface area contributed by atoms with Crippen molar-refractivity contribution in [2.45, 2.75) is 63.6 Å². The van der Waals surface area contributed by atoms with Crippen LogP contribution in [0, 0.1) is 12.4 Å². The van der Waals surface area contributed by atoms with E-state index < -0.39 is 23.9 Å². The van der Waals surface area contributed by atoms with Crippen molar-refractivity contribution in [3.05, 3.63) is 94.5 Å². The van der Waals surface area contributed by atoms with Crippen LogP contribution in [0.15, 0.2) is 54.7 Å². The van der Waals surface area contributed by atoms with Gasteiger partial charge in [0.1, 0.15) is 18.2 Å². The van der Waals surface area contributed by atoms with Gasteiger partial charge in [-0.25, -0.2) is 28.8 Å². The van der Waals surface area contributed by atoms with Crippen molar-refractivity contribution < 1.29 is 46.8 Å². The Morgan fingerprint density at radius 2 is 1.84 bits per heavy atom. The van der Waals surface area contributed by atoms with Crippen LogP contribution < -0.4 is 4.74 Å². The van der Waals surface area contributed by atoms with Gasteiger partial charge < -0.3 is 24.3 Å². The van der Waals surface area contributed by atoms with Crippen LogP contribution in [0.3, 0.4) is 0 Å². The Balaban J connectivity index is 0.000000606. The Labute approximate surface area is 278 Å². The number of carboxylic acids is 2. The second-order valence-corrected chi connectivity index (χ2v) is 11.7. The van der Waals surface area contributed by atoms with Crippen LogP contribution in [0.1, 0.15) is 58.9 Å². The Bertz CT molecular complexity index is 1840. The van der Waals surface area contributed by atoms with Crippen molar-refractivity contribution in [1.82, 2.24) is 19.4 Å². The highest BCUT2D eigenvalue weighted by Gasteiger charge is 2.38. The maximum Gasteiger partial charge on any atom is 0.490 e.